The molecule has 138 valence electrons. The molecule has 1 fully saturated rings. The standard InChI is InChI=1S/C18H31NO5/c1-12(2)15(22)16(13(3)4)24-17(23)19-11-18(10-14(20)21)8-6-5-7-9-18/h12-13,16H,5-11H2,1-4H3,(H,19,23)(H,20,21). The van der Waals surface area contributed by atoms with E-state index in [9.17, 15) is 14.4 Å². The van der Waals surface area contributed by atoms with Crippen molar-refractivity contribution in [3.63, 3.8) is 0 Å². The summed E-state index contributed by atoms with van der Waals surface area (Å²) in [6, 6.07) is 0. The van der Waals surface area contributed by atoms with E-state index in [1.807, 2.05) is 13.8 Å². The molecule has 1 amide bonds. The molecule has 0 saturated heterocycles. The number of ether oxygens (including phenoxy) is 1. The van der Waals surface area contributed by atoms with Gasteiger partial charge in [-0.05, 0) is 24.2 Å². The third kappa shape index (κ3) is 6.13. The summed E-state index contributed by atoms with van der Waals surface area (Å²) >= 11 is 0. The van der Waals surface area contributed by atoms with Crippen molar-refractivity contribution in [2.45, 2.75) is 72.3 Å². The molecule has 2 N–H and O–H groups in total. The van der Waals surface area contributed by atoms with Crippen LogP contribution in [0.2, 0.25) is 0 Å². The zero-order chi connectivity index (χ0) is 18.3. The number of carbonyl (C=O) groups is 3. The van der Waals surface area contributed by atoms with Crippen LogP contribution in [-0.2, 0) is 14.3 Å². The number of aliphatic carboxylic acids is 1. The number of carboxylic acid groups (broad SMARTS) is 1. The molecule has 0 spiro atoms. The second-order valence-corrected chi connectivity index (χ2v) is 7.61. The Hall–Kier alpha value is -1.59. The Morgan fingerprint density at radius 3 is 2.12 bits per heavy atom. The van der Waals surface area contributed by atoms with Crippen LogP contribution in [-0.4, -0.2) is 35.6 Å². The first kappa shape index (κ1) is 20.5. The van der Waals surface area contributed by atoms with Gasteiger partial charge in [0.05, 0.1) is 6.42 Å². The highest BCUT2D eigenvalue weighted by atomic mass is 16.6. The van der Waals surface area contributed by atoms with E-state index < -0.39 is 23.6 Å². The molecule has 1 aliphatic carbocycles. The third-order valence-corrected chi connectivity index (χ3v) is 4.74. The van der Waals surface area contributed by atoms with Gasteiger partial charge in [0.2, 0.25) is 0 Å². The molecule has 0 bridgehead atoms. The lowest BCUT2D eigenvalue weighted by molar-refractivity contribution is -0.140. The van der Waals surface area contributed by atoms with Crippen molar-refractivity contribution in [2.75, 3.05) is 6.54 Å². The van der Waals surface area contributed by atoms with Gasteiger partial charge >= 0.3 is 12.1 Å². The minimum Gasteiger partial charge on any atom is -0.481 e. The first-order chi connectivity index (χ1) is 11.2. The lowest BCUT2D eigenvalue weighted by atomic mass is 9.72. The number of Topliss-reactive ketones (excluding diaryl/α,β-unsaturated/α-hetero) is 1. The smallest absolute Gasteiger partial charge is 0.407 e. The summed E-state index contributed by atoms with van der Waals surface area (Å²) in [5.41, 5.74) is -0.404. The summed E-state index contributed by atoms with van der Waals surface area (Å²) in [4.78, 5) is 35.4. The minimum atomic E-state index is -0.845. The second kappa shape index (κ2) is 9.04. The molecular formula is C18H31NO5. The summed E-state index contributed by atoms with van der Waals surface area (Å²) in [6.45, 7) is 7.51. The Balaban J connectivity index is 2.64. The predicted molar refractivity (Wildman–Crippen MR) is 90.7 cm³/mol. The topological polar surface area (TPSA) is 92.7 Å². The molecule has 1 saturated carbocycles. The number of rotatable bonds is 8. The first-order valence-electron chi connectivity index (χ1n) is 8.87. The highest BCUT2D eigenvalue weighted by Gasteiger charge is 2.35. The minimum absolute atomic E-state index is 0.0474. The zero-order valence-corrected chi connectivity index (χ0v) is 15.3. The molecular weight excluding hydrogens is 310 g/mol. The van der Waals surface area contributed by atoms with E-state index in [2.05, 4.69) is 5.32 Å². The van der Waals surface area contributed by atoms with Gasteiger partial charge in [0.25, 0.3) is 0 Å². The molecule has 1 atom stereocenters. The van der Waals surface area contributed by atoms with Gasteiger partial charge in [0, 0.05) is 12.5 Å². The number of amides is 1. The Labute approximate surface area is 144 Å². The Bertz CT molecular complexity index is 452. The molecule has 1 rings (SSSR count). The van der Waals surface area contributed by atoms with Gasteiger partial charge in [-0.2, -0.15) is 0 Å². The van der Waals surface area contributed by atoms with Crippen LogP contribution in [0.4, 0.5) is 4.79 Å². The Morgan fingerprint density at radius 2 is 1.67 bits per heavy atom. The average molecular weight is 341 g/mol. The van der Waals surface area contributed by atoms with E-state index in [-0.39, 0.29) is 30.6 Å². The number of nitrogens with one attached hydrogen (secondary N) is 1. The Kier molecular flexibility index (Phi) is 7.70. The van der Waals surface area contributed by atoms with Crippen molar-refractivity contribution in [1.82, 2.24) is 5.32 Å². The lowest BCUT2D eigenvalue weighted by Gasteiger charge is -2.36. The lowest BCUT2D eigenvalue weighted by Crippen LogP contribution is -2.43. The summed E-state index contributed by atoms with van der Waals surface area (Å²) in [6.07, 6.45) is 3.27. The van der Waals surface area contributed by atoms with Crippen LogP contribution in [0.25, 0.3) is 0 Å². The van der Waals surface area contributed by atoms with Gasteiger partial charge < -0.3 is 15.2 Å². The second-order valence-electron chi connectivity index (χ2n) is 7.61. The maximum absolute atomic E-state index is 12.2. The average Bonchev–Trinajstić information content (AvgIpc) is 2.50. The van der Waals surface area contributed by atoms with Gasteiger partial charge in [-0.1, -0.05) is 47.0 Å². The van der Waals surface area contributed by atoms with E-state index in [1.54, 1.807) is 13.8 Å². The quantitative estimate of drug-likeness (QED) is 0.706. The van der Waals surface area contributed by atoms with Gasteiger partial charge in [0.1, 0.15) is 0 Å². The fraction of sp³-hybridized carbons (Fsp3) is 0.833. The van der Waals surface area contributed by atoms with Crippen LogP contribution in [0.1, 0.15) is 66.2 Å². The molecule has 6 heteroatoms. The van der Waals surface area contributed by atoms with E-state index in [4.69, 9.17) is 9.84 Å². The fourth-order valence-electron chi connectivity index (χ4n) is 3.31. The van der Waals surface area contributed by atoms with Crippen LogP contribution in [0.15, 0.2) is 0 Å². The third-order valence-electron chi connectivity index (χ3n) is 4.74. The first-order valence-corrected chi connectivity index (χ1v) is 8.87. The number of alkyl carbamates (subject to hydrolysis) is 1. The van der Waals surface area contributed by atoms with Crippen molar-refractivity contribution in [2.24, 2.45) is 17.3 Å². The van der Waals surface area contributed by atoms with Gasteiger partial charge in [-0.15, -0.1) is 0 Å². The zero-order valence-electron chi connectivity index (χ0n) is 15.3. The molecule has 24 heavy (non-hydrogen) atoms. The SMILES string of the molecule is CC(C)C(=O)C(OC(=O)NCC1(CC(=O)O)CCCCC1)C(C)C. The molecule has 1 unspecified atom stereocenters. The summed E-state index contributed by atoms with van der Waals surface area (Å²) in [5.74, 6) is -1.25. The van der Waals surface area contributed by atoms with E-state index in [1.165, 1.54) is 0 Å². The molecule has 0 aromatic carbocycles. The molecule has 1 aliphatic rings. The van der Waals surface area contributed by atoms with Crippen molar-refractivity contribution in [1.29, 1.82) is 0 Å². The van der Waals surface area contributed by atoms with E-state index in [0.717, 1.165) is 32.1 Å². The number of hydrogen-bond donors (Lipinski definition) is 2. The van der Waals surface area contributed by atoms with E-state index >= 15 is 0 Å². The monoisotopic (exact) mass is 341 g/mol. The fourth-order valence-corrected chi connectivity index (χ4v) is 3.31. The largest absolute Gasteiger partial charge is 0.481 e. The van der Waals surface area contributed by atoms with Crippen LogP contribution in [0.5, 0.6) is 0 Å². The normalized spacial score (nSPS) is 18.2. The van der Waals surface area contributed by atoms with Crippen molar-refractivity contribution in [3.8, 4) is 0 Å². The van der Waals surface area contributed by atoms with Crippen molar-refractivity contribution < 1.29 is 24.2 Å². The molecule has 0 heterocycles. The van der Waals surface area contributed by atoms with Gasteiger partial charge in [-0.3, -0.25) is 9.59 Å². The van der Waals surface area contributed by atoms with Crippen molar-refractivity contribution in [3.05, 3.63) is 0 Å². The van der Waals surface area contributed by atoms with E-state index in [0.29, 0.717) is 0 Å². The maximum Gasteiger partial charge on any atom is 0.407 e. The summed E-state index contributed by atoms with van der Waals surface area (Å²) in [5, 5.41) is 11.9. The van der Waals surface area contributed by atoms with Crippen LogP contribution in [0.3, 0.4) is 0 Å². The Morgan fingerprint density at radius 1 is 1.08 bits per heavy atom. The predicted octanol–water partition coefficient (Wildman–Crippen LogP) is 3.39. The van der Waals surface area contributed by atoms with Crippen LogP contribution < -0.4 is 5.32 Å². The molecule has 6 nitrogen and oxygen atoms in total. The van der Waals surface area contributed by atoms with Gasteiger partial charge in [0.15, 0.2) is 11.9 Å². The highest BCUT2D eigenvalue weighted by Crippen LogP contribution is 2.38. The molecule has 0 aliphatic heterocycles. The molecule has 0 aromatic heterocycles. The number of hydrogen-bond acceptors (Lipinski definition) is 4. The van der Waals surface area contributed by atoms with Crippen molar-refractivity contribution >= 4 is 17.8 Å². The molecule has 0 aromatic rings. The number of carboxylic acids is 1. The highest BCUT2D eigenvalue weighted by molar-refractivity contribution is 5.87. The summed E-state index contributed by atoms with van der Waals surface area (Å²) < 4.78 is 5.33. The summed E-state index contributed by atoms with van der Waals surface area (Å²) in [7, 11) is 0. The number of carbonyl (C=O) groups excluding carboxylic acids is 2. The molecule has 0 radical (unpaired) electrons. The van der Waals surface area contributed by atoms with Gasteiger partial charge in [-0.25, -0.2) is 4.79 Å². The van der Waals surface area contributed by atoms with Crippen LogP contribution >= 0.6 is 0 Å². The number of ketones is 1. The maximum atomic E-state index is 12.2. The van der Waals surface area contributed by atoms with Crippen LogP contribution in [0, 0.1) is 17.3 Å².